The van der Waals surface area contributed by atoms with Crippen LogP contribution in [0, 0.1) is 27.7 Å². The minimum absolute atomic E-state index is 0.198. The number of benzene rings is 1. The minimum atomic E-state index is -0.376. The second-order valence-corrected chi connectivity index (χ2v) is 6.30. The fourth-order valence-corrected chi connectivity index (χ4v) is 2.63. The van der Waals surface area contributed by atoms with E-state index in [1.807, 2.05) is 45.0 Å². The van der Waals surface area contributed by atoms with Crippen molar-refractivity contribution in [1.29, 1.82) is 0 Å². The average molecular weight is 351 g/mol. The molecule has 3 rings (SSSR count). The molecule has 0 unspecified atom stereocenters. The van der Waals surface area contributed by atoms with E-state index in [1.165, 1.54) is 5.56 Å². The Labute approximate surface area is 152 Å². The quantitative estimate of drug-likeness (QED) is 0.748. The van der Waals surface area contributed by atoms with Gasteiger partial charge in [0.15, 0.2) is 5.69 Å². The first-order valence-corrected chi connectivity index (χ1v) is 8.33. The minimum Gasteiger partial charge on any atom is -0.488 e. The van der Waals surface area contributed by atoms with Crippen LogP contribution in [0.2, 0.25) is 0 Å². The molecule has 3 aromatic rings. The molecule has 0 aliphatic carbocycles. The maximum Gasteiger partial charge on any atom is 0.279 e. The molecule has 0 atom stereocenters. The molecule has 26 heavy (non-hydrogen) atoms. The zero-order chi connectivity index (χ0) is 18.7. The lowest BCUT2D eigenvalue weighted by Gasteiger charge is -2.10. The molecular weight excluding hydrogens is 330 g/mol. The van der Waals surface area contributed by atoms with Crippen LogP contribution in [-0.4, -0.2) is 16.0 Å². The Kier molecular flexibility index (Phi) is 5.02. The fraction of sp³-hybridized carbons (Fsp3) is 0.250. The second-order valence-electron chi connectivity index (χ2n) is 6.30. The van der Waals surface area contributed by atoms with Gasteiger partial charge in [-0.25, -0.2) is 4.98 Å². The largest absolute Gasteiger partial charge is 0.488 e. The first-order valence-electron chi connectivity index (χ1n) is 8.33. The van der Waals surface area contributed by atoms with Crippen molar-refractivity contribution >= 4 is 11.7 Å². The molecule has 0 bridgehead atoms. The van der Waals surface area contributed by atoms with Crippen molar-refractivity contribution in [1.82, 2.24) is 10.1 Å². The van der Waals surface area contributed by atoms with Gasteiger partial charge in [0, 0.05) is 6.20 Å². The highest BCUT2D eigenvalue weighted by atomic mass is 16.5. The molecule has 1 amide bonds. The Balaban J connectivity index is 1.76. The molecule has 0 aliphatic rings. The van der Waals surface area contributed by atoms with Crippen molar-refractivity contribution in [2.45, 2.75) is 34.3 Å². The molecule has 1 N–H and O–H groups in total. The van der Waals surface area contributed by atoms with E-state index in [2.05, 4.69) is 15.5 Å². The number of aryl methyl sites for hydroxylation is 4. The number of aromatic nitrogens is 2. The highest BCUT2D eigenvalue weighted by Gasteiger charge is 2.21. The van der Waals surface area contributed by atoms with Crippen LogP contribution in [0.1, 0.15) is 38.5 Å². The molecular formula is C20H21N3O3. The van der Waals surface area contributed by atoms with Gasteiger partial charge in [0.2, 0.25) is 0 Å². The molecule has 0 aliphatic heterocycles. The van der Waals surface area contributed by atoms with Crippen molar-refractivity contribution in [3.8, 4) is 5.75 Å². The first-order chi connectivity index (χ1) is 12.4. The Morgan fingerprint density at radius 1 is 1.12 bits per heavy atom. The lowest BCUT2D eigenvalue weighted by Crippen LogP contribution is -2.16. The third-order valence-corrected chi connectivity index (χ3v) is 4.06. The molecule has 0 saturated heterocycles. The summed E-state index contributed by atoms with van der Waals surface area (Å²) in [6.45, 7) is 7.90. The van der Waals surface area contributed by atoms with Gasteiger partial charge in [-0.1, -0.05) is 22.9 Å². The summed E-state index contributed by atoms with van der Waals surface area (Å²) >= 11 is 0. The van der Waals surface area contributed by atoms with Crippen LogP contribution >= 0.6 is 0 Å². The summed E-state index contributed by atoms with van der Waals surface area (Å²) in [7, 11) is 0. The topological polar surface area (TPSA) is 77.3 Å². The van der Waals surface area contributed by atoms with Gasteiger partial charge < -0.3 is 14.6 Å². The van der Waals surface area contributed by atoms with Gasteiger partial charge in [-0.15, -0.1) is 0 Å². The second kappa shape index (κ2) is 7.39. The average Bonchev–Trinajstić information content (AvgIpc) is 2.95. The van der Waals surface area contributed by atoms with Gasteiger partial charge in [0.05, 0.1) is 5.56 Å². The number of pyridine rings is 1. The highest BCUT2D eigenvalue weighted by molar-refractivity contribution is 6.03. The molecule has 0 spiro atoms. The van der Waals surface area contributed by atoms with Crippen LogP contribution in [0.3, 0.4) is 0 Å². The van der Waals surface area contributed by atoms with Crippen molar-refractivity contribution < 1.29 is 14.1 Å². The van der Waals surface area contributed by atoms with E-state index in [0.717, 1.165) is 16.9 Å². The SMILES string of the molecule is Cc1ccnc(NC(=O)c2noc(C)c2COc2ccc(C)cc2C)c1. The number of ether oxygens (including phenoxy) is 1. The van der Waals surface area contributed by atoms with Gasteiger partial charge in [-0.05, 0) is 57.0 Å². The van der Waals surface area contributed by atoms with Gasteiger partial charge in [-0.3, -0.25) is 4.79 Å². The maximum absolute atomic E-state index is 12.6. The Morgan fingerprint density at radius 2 is 1.88 bits per heavy atom. The number of carbonyl (C=O) groups excluding carboxylic acids is 1. The lowest BCUT2D eigenvalue weighted by atomic mass is 10.1. The van der Waals surface area contributed by atoms with Crippen LogP contribution in [0.25, 0.3) is 0 Å². The molecule has 2 aromatic heterocycles. The zero-order valence-electron chi connectivity index (χ0n) is 15.3. The van der Waals surface area contributed by atoms with E-state index in [0.29, 0.717) is 17.1 Å². The van der Waals surface area contributed by atoms with E-state index in [-0.39, 0.29) is 18.2 Å². The van der Waals surface area contributed by atoms with Crippen LogP contribution in [0.15, 0.2) is 41.1 Å². The van der Waals surface area contributed by atoms with Crippen LogP contribution in [0.5, 0.6) is 5.75 Å². The summed E-state index contributed by atoms with van der Waals surface area (Å²) in [5.74, 6) is 1.41. The smallest absolute Gasteiger partial charge is 0.279 e. The van der Waals surface area contributed by atoms with Crippen LogP contribution in [0.4, 0.5) is 5.82 Å². The predicted molar refractivity (Wildman–Crippen MR) is 98.4 cm³/mol. The summed E-state index contributed by atoms with van der Waals surface area (Å²) in [6.07, 6.45) is 1.64. The van der Waals surface area contributed by atoms with Crippen LogP contribution < -0.4 is 10.1 Å². The third-order valence-electron chi connectivity index (χ3n) is 4.06. The van der Waals surface area contributed by atoms with Gasteiger partial charge in [0.25, 0.3) is 5.91 Å². The Hall–Kier alpha value is -3.15. The standard InChI is InChI=1S/C20H21N3O3/c1-12-5-6-17(14(3)9-12)25-11-16-15(4)26-23-19(16)20(24)22-18-10-13(2)7-8-21-18/h5-10H,11H2,1-4H3,(H,21,22,24). The number of carbonyl (C=O) groups is 1. The van der Waals surface area contributed by atoms with Crippen LogP contribution in [-0.2, 0) is 6.61 Å². The molecule has 2 heterocycles. The first kappa shape index (κ1) is 17.7. The van der Waals surface area contributed by atoms with Crippen molar-refractivity contribution in [2.75, 3.05) is 5.32 Å². The summed E-state index contributed by atoms with van der Waals surface area (Å²) < 4.78 is 11.1. The van der Waals surface area contributed by atoms with Gasteiger partial charge >= 0.3 is 0 Å². The van der Waals surface area contributed by atoms with Gasteiger partial charge in [0.1, 0.15) is 23.9 Å². The molecule has 0 radical (unpaired) electrons. The maximum atomic E-state index is 12.6. The van der Waals surface area contributed by atoms with E-state index in [9.17, 15) is 4.79 Å². The monoisotopic (exact) mass is 351 g/mol. The Morgan fingerprint density at radius 3 is 2.62 bits per heavy atom. The Bertz CT molecular complexity index is 947. The van der Waals surface area contributed by atoms with Crippen molar-refractivity contribution in [3.63, 3.8) is 0 Å². The summed E-state index contributed by atoms with van der Waals surface area (Å²) in [5.41, 5.74) is 4.03. The number of amides is 1. The number of nitrogens with zero attached hydrogens (tertiary/aromatic N) is 2. The van der Waals surface area contributed by atoms with E-state index in [4.69, 9.17) is 9.26 Å². The lowest BCUT2D eigenvalue weighted by molar-refractivity contribution is 0.101. The summed E-state index contributed by atoms with van der Waals surface area (Å²) in [5, 5.41) is 6.63. The summed E-state index contributed by atoms with van der Waals surface area (Å²) in [4.78, 5) is 16.7. The number of anilines is 1. The van der Waals surface area contributed by atoms with E-state index in [1.54, 1.807) is 19.2 Å². The predicted octanol–water partition coefficient (Wildman–Crippen LogP) is 4.13. The molecule has 0 fully saturated rings. The molecule has 1 aromatic carbocycles. The normalized spacial score (nSPS) is 10.6. The van der Waals surface area contributed by atoms with E-state index < -0.39 is 0 Å². The van der Waals surface area contributed by atoms with Crippen molar-refractivity contribution in [2.24, 2.45) is 0 Å². The number of nitrogens with one attached hydrogen (secondary N) is 1. The number of hydrogen-bond acceptors (Lipinski definition) is 5. The molecule has 6 heteroatoms. The third kappa shape index (κ3) is 3.91. The molecule has 134 valence electrons. The number of rotatable bonds is 5. The molecule has 6 nitrogen and oxygen atoms in total. The van der Waals surface area contributed by atoms with E-state index >= 15 is 0 Å². The fourth-order valence-electron chi connectivity index (χ4n) is 2.63. The summed E-state index contributed by atoms with van der Waals surface area (Å²) in [6, 6.07) is 9.60. The zero-order valence-corrected chi connectivity index (χ0v) is 15.3. The van der Waals surface area contributed by atoms with Crippen molar-refractivity contribution in [3.05, 3.63) is 70.2 Å². The molecule has 0 saturated carbocycles. The van der Waals surface area contributed by atoms with Gasteiger partial charge in [-0.2, -0.15) is 0 Å². The highest BCUT2D eigenvalue weighted by Crippen LogP contribution is 2.22. The number of hydrogen-bond donors (Lipinski definition) is 1.